The monoisotopic (exact) mass is 388 g/mol. The van der Waals surface area contributed by atoms with E-state index in [-0.39, 0.29) is 12.6 Å². The van der Waals surface area contributed by atoms with Crippen LogP contribution in [0.15, 0.2) is 47.1 Å². The van der Waals surface area contributed by atoms with Gasteiger partial charge in [0.05, 0.1) is 17.1 Å². The Labute approximate surface area is 147 Å². The predicted molar refractivity (Wildman–Crippen MR) is 96.2 cm³/mol. The van der Waals surface area contributed by atoms with E-state index in [4.69, 9.17) is 0 Å². The summed E-state index contributed by atoms with van der Waals surface area (Å²) in [5.41, 5.74) is 1.91. The first-order valence-electron chi connectivity index (χ1n) is 7.39. The van der Waals surface area contributed by atoms with Crippen LogP contribution in [-0.2, 0) is 0 Å². The van der Waals surface area contributed by atoms with Crippen LogP contribution in [-0.4, -0.2) is 31.9 Å². The van der Waals surface area contributed by atoms with Gasteiger partial charge in [0.2, 0.25) is 5.95 Å². The number of hydrogen-bond donors (Lipinski definition) is 4. The number of aliphatic hydroxyl groups is 1. The summed E-state index contributed by atoms with van der Waals surface area (Å²) in [5.74, 6) is 1.67. The van der Waals surface area contributed by atoms with Crippen LogP contribution in [0.25, 0.3) is 0 Å². The van der Waals surface area contributed by atoms with E-state index in [0.29, 0.717) is 22.1 Å². The predicted octanol–water partition coefficient (Wildman–Crippen LogP) is 3.16. The van der Waals surface area contributed by atoms with Crippen LogP contribution in [0.5, 0.6) is 0 Å². The molecule has 0 fully saturated rings. The highest BCUT2D eigenvalue weighted by atomic mass is 79.9. The summed E-state index contributed by atoms with van der Waals surface area (Å²) in [4.78, 5) is 8.70. The summed E-state index contributed by atoms with van der Waals surface area (Å²) in [5, 5.41) is 22.9. The highest BCUT2D eigenvalue weighted by Crippen LogP contribution is 2.25. The molecule has 3 aromatic rings. The van der Waals surface area contributed by atoms with Crippen molar-refractivity contribution in [3.63, 3.8) is 0 Å². The summed E-state index contributed by atoms with van der Waals surface area (Å²) in [7, 11) is 0. The van der Waals surface area contributed by atoms with Crippen LogP contribution in [0.3, 0.4) is 0 Å². The van der Waals surface area contributed by atoms with Gasteiger partial charge in [-0.3, -0.25) is 5.10 Å². The zero-order valence-corrected chi connectivity index (χ0v) is 14.6. The summed E-state index contributed by atoms with van der Waals surface area (Å²) in [6.45, 7) is 1.86. The number of aliphatic hydroxyl groups excluding tert-OH is 1. The highest BCUT2D eigenvalue weighted by Gasteiger charge is 2.13. The molecule has 4 N–H and O–H groups in total. The van der Waals surface area contributed by atoms with E-state index in [0.717, 1.165) is 11.3 Å². The topological polar surface area (TPSA) is 98.8 Å². The average molecular weight is 389 g/mol. The number of aromatic nitrogens is 4. The van der Waals surface area contributed by atoms with Crippen LogP contribution in [0.4, 0.5) is 17.6 Å². The molecule has 2 aromatic heterocycles. The minimum absolute atomic E-state index is 0.0647. The second-order valence-corrected chi connectivity index (χ2v) is 6.10. The first-order valence-corrected chi connectivity index (χ1v) is 8.19. The van der Waals surface area contributed by atoms with Gasteiger partial charge >= 0.3 is 0 Å². The zero-order chi connectivity index (χ0) is 16.9. The van der Waals surface area contributed by atoms with Gasteiger partial charge in [0.15, 0.2) is 11.6 Å². The zero-order valence-electron chi connectivity index (χ0n) is 13.0. The first kappa shape index (κ1) is 16.4. The van der Waals surface area contributed by atoms with E-state index in [1.54, 1.807) is 6.20 Å². The third kappa shape index (κ3) is 3.90. The highest BCUT2D eigenvalue weighted by molar-refractivity contribution is 9.10. The Balaban J connectivity index is 1.80. The molecule has 0 aliphatic rings. The van der Waals surface area contributed by atoms with Gasteiger partial charge in [0.1, 0.15) is 0 Å². The number of benzene rings is 1. The van der Waals surface area contributed by atoms with E-state index in [2.05, 4.69) is 46.7 Å². The van der Waals surface area contributed by atoms with Gasteiger partial charge in [-0.05, 0) is 28.4 Å². The van der Waals surface area contributed by atoms with Crippen molar-refractivity contribution in [3.8, 4) is 0 Å². The number of nitrogens with one attached hydrogen (secondary N) is 3. The van der Waals surface area contributed by atoms with E-state index < -0.39 is 0 Å². The Hall–Kier alpha value is -2.45. The Bertz CT molecular complexity index is 807. The number of aryl methyl sites for hydroxylation is 1. The van der Waals surface area contributed by atoms with Crippen LogP contribution < -0.4 is 10.6 Å². The molecular formula is C16H17BrN6O. The molecule has 2 heterocycles. The lowest BCUT2D eigenvalue weighted by atomic mass is 10.1. The summed E-state index contributed by atoms with van der Waals surface area (Å²) in [6, 6.07) is 11.3. The average Bonchev–Trinajstić information content (AvgIpc) is 3.01. The Morgan fingerprint density at radius 2 is 2.08 bits per heavy atom. The molecule has 0 aliphatic carbocycles. The fraction of sp³-hybridized carbons (Fsp3) is 0.188. The normalized spacial score (nSPS) is 12.0. The minimum atomic E-state index is -0.284. The maximum atomic E-state index is 9.65. The molecule has 124 valence electrons. The molecule has 0 amide bonds. The van der Waals surface area contributed by atoms with Crippen molar-refractivity contribution in [1.82, 2.24) is 20.2 Å². The standard InChI is InChI=1S/C16H17BrN6O/c1-10-7-14(23-22-10)20-15-12(17)8-18-16(21-15)19-13(9-24)11-5-3-2-4-6-11/h2-8,13,24H,9H2,1H3,(H3,18,19,20,21,22,23)/t13-/m0/s1. The van der Waals surface area contributed by atoms with Crippen molar-refractivity contribution in [2.24, 2.45) is 0 Å². The smallest absolute Gasteiger partial charge is 0.225 e. The van der Waals surface area contributed by atoms with Crippen LogP contribution in [0.1, 0.15) is 17.3 Å². The molecule has 0 unspecified atom stereocenters. The van der Waals surface area contributed by atoms with Gasteiger partial charge in [-0.15, -0.1) is 0 Å². The molecular weight excluding hydrogens is 372 g/mol. The van der Waals surface area contributed by atoms with E-state index in [1.807, 2.05) is 43.3 Å². The second-order valence-electron chi connectivity index (χ2n) is 5.24. The molecule has 24 heavy (non-hydrogen) atoms. The van der Waals surface area contributed by atoms with Crippen molar-refractivity contribution in [3.05, 3.63) is 58.3 Å². The Morgan fingerprint density at radius 3 is 2.75 bits per heavy atom. The molecule has 0 radical (unpaired) electrons. The minimum Gasteiger partial charge on any atom is -0.394 e. The lowest BCUT2D eigenvalue weighted by Gasteiger charge is -2.17. The van der Waals surface area contributed by atoms with Crippen molar-refractivity contribution in [2.45, 2.75) is 13.0 Å². The molecule has 3 rings (SSSR count). The molecule has 0 saturated carbocycles. The van der Waals surface area contributed by atoms with Crippen molar-refractivity contribution in [2.75, 3.05) is 17.2 Å². The molecule has 0 spiro atoms. The van der Waals surface area contributed by atoms with Crippen LogP contribution in [0, 0.1) is 6.92 Å². The molecule has 7 nitrogen and oxygen atoms in total. The lowest BCUT2D eigenvalue weighted by molar-refractivity contribution is 0.276. The quantitative estimate of drug-likeness (QED) is 0.517. The fourth-order valence-electron chi connectivity index (χ4n) is 2.20. The van der Waals surface area contributed by atoms with Gasteiger partial charge in [-0.1, -0.05) is 30.3 Å². The van der Waals surface area contributed by atoms with Crippen molar-refractivity contribution >= 4 is 33.5 Å². The van der Waals surface area contributed by atoms with Crippen molar-refractivity contribution in [1.29, 1.82) is 0 Å². The number of H-pyrrole nitrogens is 1. The van der Waals surface area contributed by atoms with Crippen LogP contribution in [0.2, 0.25) is 0 Å². The van der Waals surface area contributed by atoms with E-state index >= 15 is 0 Å². The number of nitrogens with zero attached hydrogens (tertiary/aromatic N) is 3. The maximum Gasteiger partial charge on any atom is 0.225 e. The number of hydrogen-bond acceptors (Lipinski definition) is 6. The van der Waals surface area contributed by atoms with Crippen molar-refractivity contribution < 1.29 is 5.11 Å². The molecule has 0 saturated heterocycles. The van der Waals surface area contributed by atoms with Gasteiger partial charge in [-0.2, -0.15) is 10.1 Å². The third-order valence-electron chi connectivity index (χ3n) is 3.38. The SMILES string of the molecule is Cc1cc(Nc2nc(N[C@@H](CO)c3ccccc3)ncc2Br)n[nH]1. The first-order chi connectivity index (χ1) is 11.7. The molecule has 1 aromatic carbocycles. The van der Waals surface area contributed by atoms with E-state index in [1.165, 1.54) is 0 Å². The largest absolute Gasteiger partial charge is 0.394 e. The number of halogens is 1. The van der Waals surface area contributed by atoms with Gasteiger partial charge < -0.3 is 15.7 Å². The van der Waals surface area contributed by atoms with Gasteiger partial charge in [0.25, 0.3) is 0 Å². The second kappa shape index (κ2) is 7.41. The fourth-order valence-corrected chi connectivity index (χ4v) is 2.49. The lowest BCUT2D eigenvalue weighted by Crippen LogP contribution is -2.16. The summed E-state index contributed by atoms with van der Waals surface area (Å²) >= 11 is 3.42. The molecule has 0 aliphatic heterocycles. The van der Waals surface area contributed by atoms with Gasteiger partial charge in [-0.25, -0.2) is 4.98 Å². The number of aromatic amines is 1. The number of rotatable bonds is 6. The van der Waals surface area contributed by atoms with Gasteiger partial charge in [0, 0.05) is 18.0 Å². The number of anilines is 3. The Morgan fingerprint density at radius 1 is 1.29 bits per heavy atom. The van der Waals surface area contributed by atoms with Crippen LogP contribution >= 0.6 is 15.9 Å². The molecule has 8 heteroatoms. The summed E-state index contributed by atoms with van der Waals surface area (Å²) < 4.78 is 0.717. The Kier molecular flexibility index (Phi) is 5.07. The maximum absolute atomic E-state index is 9.65. The third-order valence-corrected chi connectivity index (χ3v) is 3.96. The summed E-state index contributed by atoms with van der Waals surface area (Å²) in [6.07, 6.45) is 1.65. The molecule has 1 atom stereocenters. The van der Waals surface area contributed by atoms with E-state index in [9.17, 15) is 5.11 Å². The molecule has 0 bridgehead atoms.